The van der Waals surface area contributed by atoms with Crippen molar-refractivity contribution in [3.05, 3.63) is 54.1 Å². The van der Waals surface area contributed by atoms with E-state index in [9.17, 15) is 0 Å². The third-order valence-corrected chi connectivity index (χ3v) is 3.34. The van der Waals surface area contributed by atoms with Gasteiger partial charge in [-0.15, -0.1) is 0 Å². The molecule has 0 aliphatic carbocycles. The van der Waals surface area contributed by atoms with Gasteiger partial charge in [-0.05, 0) is 49.0 Å². The monoisotopic (exact) mass is 287 g/mol. The van der Waals surface area contributed by atoms with E-state index >= 15 is 0 Å². The van der Waals surface area contributed by atoms with Gasteiger partial charge in [-0.1, -0.05) is 12.1 Å². The van der Waals surface area contributed by atoms with Gasteiger partial charge in [0.05, 0.1) is 20.3 Å². The molecule has 0 radical (unpaired) electrons. The Hall–Kier alpha value is -2.20. The number of ether oxygens (including phenoxy) is 3. The number of likely N-dealkylation sites (N-methyl/N-ethyl adjacent to an activating group) is 1. The summed E-state index contributed by atoms with van der Waals surface area (Å²) in [6.45, 7) is 0.551. The van der Waals surface area contributed by atoms with Crippen molar-refractivity contribution in [2.45, 2.75) is 6.04 Å². The third kappa shape index (κ3) is 4.13. The lowest BCUT2D eigenvalue weighted by molar-refractivity contribution is 0.272. The molecular formula is C17H21NO3. The molecule has 0 saturated heterocycles. The lowest BCUT2D eigenvalue weighted by atomic mass is 10.1. The summed E-state index contributed by atoms with van der Waals surface area (Å²) in [6.07, 6.45) is 0. The molecule has 0 fully saturated rings. The molecule has 0 amide bonds. The lowest BCUT2D eigenvalue weighted by Crippen LogP contribution is -2.23. The fourth-order valence-corrected chi connectivity index (χ4v) is 2.03. The van der Waals surface area contributed by atoms with E-state index in [4.69, 9.17) is 14.2 Å². The predicted molar refractivity (Wildman–Crippen MR) is 83.3 cm³/mol. The maximum absolute atomic E-state index is 5.82. The zero-order valence-electron chi connectivity index (χ0n) is 12.6. The van der Waals surface area contributed by atoms with Crippen LogP contribution in [0.1, 0.15) is 11.6 Å². The molecule has 4 heteroatoms. The SMILES string of the molecule is CNC(COc1ccc(OC)cc1)c1ccc(OC)cc1. The smallest absolute Gasteiger partial charge is 0.119 e. The Kier molecular flexibility index (Phi) is 5.46. The van der Waals surface area contributed by atoms with Crippen molar-refractivity contribution in [3.8, 4) is 17.2 Å². The highest BCUT2D eigenvalue weighted by atomic mass is 16.5. The van der Waals surface area contributed by atoms with Gasteiger partial charge >= 0.3 is 0 Å². The van der Waals surface area contributed by atoms with E-state index in [1.54, 1.807) is 14.2 Å². The largest absolute Gasteiger partial charge is 0.497 e. The van der Waals surface area contributed by atoms with Crippen LogP contribution in [0, 0.1) is 0 Å². The Labute approximate surface area is 125 Å². The first-order chi connectivity index (χ1) is 10.3. The molecule has 4 nitrogen and oxygen atoms in total. The number of methoxy groups -OCH3 is 2. The third-order valence-electron chi connectivity index (χ3n) is 3.34. The number of benzene rings is 2. The first-order valence-corrected chi connectivity index (χ1v) is 6.85. The molecule has 0 aromatic heterocycles. The Morgan fingerprint density at radius 1 is 0.810 bits per heavy atom. The van der Waals surface area contributed by atoms with Crippen LogP contribution in [-0.4, -0.2) is 27.9 Å². The Morgan fingerprint density at radius 3 is 1.76 bits per heavy atom. The van der Waals surface area contributed by atoms with Crippen LogP contribution in [0.15, 0.2) is 48.5 Å². The van der Waals surface area contributed by atoms with Crippen LogP contribution in [0.4, 0.5) is 0 Å². The minimum atomic E-state index is 0.123. The average molecular weight is 287 g/mol. The molecule has 1 unspecified atom stereocenters. The normalized spacial score (nSPS) is 11.8. The molecule has 21 heavy (non-hydrogen) atoms. The standard InChI is InChI=1S/C17H21NO3/c1-18-17(13-4-6-14(19-2)7-5-13)12-21-16-10-8-15(20-3)9-11-16/h4-11,17-18H,12H2,1-3H3. The van der Waals surface area contributed by atoms with E-state index < -0.39 is 0 Å². The fourth-order valence-electron chi connectivity index (χ4n) is 2.03. The van der Waals surface area contributed by atoms with Crippen molar-refractivity contribution in [3.63, 3.8) is 0 Å². The molecule has 2 aromatic carbocycles. The second-order valence-electron chi connectivity index (χ2n) is 4.60. The summed E-state index contributed by atoms with van der Waals surface area (Å²) in [5, 5.41) is 3.26. The van der Waals surface area contributed by atoms with Crippen LogP contribution < -0.4 is 19.5 Å². The summed E-state index contributed by atoms with van der Waals surface area (Å²) in [5.41, 5.74) is 1.16. The second kappa shape index (κ2) is 7.55. The molecular weight excluding hydrogens is 266 g/mol. The first-order valence-electron chi connectivity index (χ1n) is 6.85. The summed E-state index contributed by atoms with van der Waals surface area (Å²) in [6, 6.07) is 15.7. The van der Waals surface area contributed by atoms with Gasteiger partial charge in [0.1, 0.15) is 23.9 Å². The van der Waals surface area contributed by atoms with E-state index in [1.165, 1.54) is 0 Å². The zero-order chi connectivity index (χ0) is 15.1. The Morgan fingerprint density at radius 2 is 1.29 bits per heavy atom. The van der Waals surface area contributed by atoms with Gasteiger partial charge in [-0.2, -0.15) is 0 Å². The summed E-state index contributed by atoms with van der Waals surface area (Å²) in [4.78, 5) is 0. The molecule has 0 bridgehead atoms. The predicted octanol–water partition coefficient (Wildman–Crippen LogP) is 3.04. The maximum atomic E-state index is 5.82. The molecule has 112 valence electrons. The average Bonchev–Trinajstić information content (AvgIpc) is 2.56. The van der Waals surface area contributed by atoms with E-state index in [0.29, 0.717) is 6.61 Å². The van der Waals surface area contributed by atoms with Gasteiger partial charge in [0.15, 0.2) is 0 Å². The molecule has 0 aliphatic rings. The van der Waals surface area contributed by atoms with Crippen molar-refractivity contribution in [1.82, 2.24) is 5.32 Å². The van der Waals surface area contributed by atoms with Crippen molar-refractivity contribution < 1.29 is 14.2 Å². The Balaban J connectivity index is 1.97. The van der Waals surface area contributed by atoms with E-state index in [-0.39, 0.29) is 6.04 Å². The molecule has 0 spiro atoms. The van der Waals surface area contributed by atoms with Crippen molar-refractivity contribution in [1.29, 1.82) is 0 Å². The van der Waals surface area contributed by atoms with E-state index in [2.05, 4.69) is 5.32 Å². The van der Waals surface area contributed by atoms with Crippen molar-refractivity contribution in [2.75, 3.05) is 27.9 Å². The number of rotatable bonds is 7. The van der Waals surface area contributed by atoms with Gasteiger partial charge in [-0.3, -0.25) is 0 Å². The highest BCUT2D eigenvalue weighted by Gasteiger charge is 2.10. The van der Waals surface area contributed by atoms with Gasteiger partial charge < -0.3 is 19.5 Å². The van der Waals surface area contributed by atoms with Crippen molar-refractivity contribution in [2.24, 2.45) is 0 Å². The molecule has 0 heterocycles. The number of nitrogens with one attached hydrogen (secondary N) is 1. The quantitative estimate of drug-likeness (QED) is 0.849. The molecule has 2 aromatic rings. The summed E-state index contributed by atoms with van der Waals surface area (Å²) >= 11 is 0. The molecule has 2 rings (SSSR count). The first kappa shape index (κ1) is 15.2. The second-order valence-corrected chi connectivity index (χ2v) is 4.60. The van der Waals surface area contributed by atoms with Gasteiger partial charge in [0.2, 0.25) is 0 Å². The lowest BCUT2D eigenvalue weighted by Gasteiger charge is -2.18. The molecule has 0 aliphatic heterocycles. The van der Waals surface area contributed by atoms with Crippen molar-refractivity contribution >= 4 is 0 Å². The number of hydrogen-bond donors (Lipinski definition) is 1. The summed E-state index contributed by atoms with van der Waals surface area (Å²) in [7, 11) is 5.24. The maximum Gasteiger partial charge on any atom is 0.119 e. The Bertz CT molecular complexity index is 537. The fraction of sp³-hybridized carbons (Fsp3) is 0.294. The molecule has 1 N–H and O–H groups in total. The van der Waals surface area contributed by atoms with Crippen LogP contribution in [0.25, 0.3) is 0 Å². The molecule has 0 saturated carbocycles. The van der Waals surface area contributed by atoms with Gasteiger partial charge in [0.25, 0.3) is 0 Å². The van der Waals surface area contributed by atoms with Crippen LogP contribution in [0.5, 0.6) is 17.2 Å². The highest BCUT2D eigenvalue weighted by molar-refractivity contribution is 5.32. The minimum absolute atomic E-state index is 0.123. The van der Waals surface area contributed by atoms with Crippen LogP contribution >= 0.6 is 0 Å². The van der Waals surface area contributed by atoms with Crippen LogP contribution in [0.2, 0.25) is 0 Å². The van der Waals surface area contributed by atoms with Gasteiger partial charge in [0, 0.05) is 0 Å². The number of hydrogen-bond acceptors (Lipinski definition) is 4. The van der Waals surface area contributed by atoms with E-state index in [1.807, 2.05) is 55.6 Å². The molecule has 1 atom stereocenters. The summed E-state index contributed by atoms with van der Waals surface area (Å²) < 4.78 is 16.1. The highest BCUT2D eigenvalue weighted by Crippen LogP contribution is 2.21. The zero-order valence-corrected chi connectivity index (χ0v) is 12.6. The van der Waals surface area contributed by atoms with E-state index in [0.717, 1.165) is 22.8 Å². The van der Waals surface area contributed by atoms with Gasteiger partial charge in [-0.25, -0.2) is 0 Å². The van der Waals surface area contributed by atoms with Crippen LogP contribution in [0.3, 0.4) is 0 Å². The topological polar surface area (TPSA) is 39.7 Å². The van der Waals surface area contributed by atoms with Crippen LogP contribution in [-0.2, 0) is 0 Å². The summed E-state index contributed by atoms with van der Waals surface area (Å²) in [5.74, 6) is 2.50. The minimum Gasteiger partial charge on any atom is -0.497 e.